The predicted octanol–water partition coefficient (Wildman–Crippen LogP) is 3.30. The summed E-state index contributed by atoms with van der Waals surface area (Å²) in [6, 6.07) is 3.89. The lowest BCUT2D eigenvalue weighted by Crippen LogP contribution is -2.57. The van der Waals surface area contributed by atoms with Crippen LogP contribution in [0.1, 0.15) is 30.0 Å². The van der Waals surface area contributed by atoms with Gasteiger partial charge in [-0.3, -0.25) is 9.88 Å². The van der Waals surface area contributed by atoms with E-state index < -0.39 is 0 Å². The fourth-order valence-corrected chi connectivity index (χ4v) is 4.87. The van der Waals surface area contributed by atoms with Gasteiger partial charge in [-0.05, 0) is 38.3 Å². The number of aryl methyl sites for hydroxylation is 1. The maximum absolute atomic E-state index is 6.14. The Kier molecular flexibility index (Phi) is 5.01. The van der Waals surface area contributed by atoms with E-state index in [-0.39, 0.29) is 5.41 Å². The van der Waals surface area contributed by atoms with Crippen molar-refractivity contribution < 1.29 is 9.47 Å². The molecule has 6 heteroatoms. The zero-order valence-corrected chi connectivity index (χ0v) is 15.5. The minimum atomic E-state index is 0.0681. The van der Waals surface area contributed by atoms with Crippen molar-refractivity contribution >= 4 is 11.3 Å². The molecule has 4 heterocycles. The normalized spacial score (nSPS) is 27.0. The van der Waals surface area contributed by atoms with E-state index in [4.69, 9.17) is 9.47 Å². The van der Waals surface area contributed by atoms with Gasteiger partial charge in [0.2, 0.25) is 0 Å². The predicted molar refractivity (Wildman–Crippen MR) is 97.9 cm³/mol. The summed E-state index contributed by atoms with van der Waals surface area (Å²) in [5.74, 6) is 0.842. The van der Waals surface area contributed by atoms with Crippen LogP contribution >= 0.6 is 11.3 Å². The van der Waals surface area contributed by atoms with Gasteiger partial charge in [0, 0.05) is 42.4 Å². The highest BCUT2D eigenvalue weighted by Crippen LogP contribution is 2.41. The molecule has 2 unspecified atom stereocenters. The topological polar surface area (TPSA) is 47.5 Å². The smallest absolute Gasteiger partial charge is 0.137 e. The largest absolute Gasteiger partial charge is 0.491 e. The first kappa shape index (κ1) is 16.9. The lowest BCUT2D eigenvalue weighted by molar-refractivity contribution is -0.140. The number of fused-ring (bicyclic) bond motifs is 1. The van der Waals surface area contributed by atoms with Gasteiger partial charge >= 0.3 is 0 Å². The second kappa shape index (κ2) is 7.40. The molecule has 2 fully saturated rings. The SMILES string of the molecule is Cc1csc(CN2CCC3OCCCC3(COc3cccnc3)C2)n1. The monoisotopic (exact) mass is 359 g/mol. The summed E-state index contributed by atoms with van der Waals surface area (Å²) >= 11 is 1.76. The van der Waals surface area contributed by atoms with Gasteiger partial charge in [0.15, 0.2) is 0 Å². The van der Waals surface area contributed by atoms with Gasteiger partial charge in [-0.2, -0.15) is 0 Å². The second-order valence-electron chi connectivity index (χ2n) is 7.18. The number of rotatable bonds is 5. The van der Waals surface area contributed by atoms with Gasteiger partial charge in [0.05, 0.1) is 25.5 Å². The van der Waals surface area contributed by atoms with Crippen molar-refractivity contribution in [2.45, 2.75) is 38.8 Å². The summed E-state index contributed by atoms with van der Waals surface area (Å²) in [7, 11) is 0. The third-order valence-electron chi connectivity index (χ3n) is 5.25. The van der Waals surface area contributed by atoms with Gasteiger partial charge in [-0.1, -0.05) is 0 Å². The molecule has 0 spiro atoms. The Balaban J connectivity index is 1.46. The van der Waals surface area contributed by atoms with Crippen LogP contribution < -0.4 is 4.74 Å². The fourth-order valence-electron chi connectivity index (χ4n) is 4.05. The van der Waals surface area contributed by atoms with Gasteiger partial charge in [-0.15, -0.1) is 11.3 Å². The molecule has 2 aromatic rings. The second-order valence-corrected chi connectivity index (χ2v) is 8.13. The van der Waals surface area contributed by atoms with Crippen LogP contribution in [0.5, 0.6) is 5.75 Å². The molecule has 2 aromatic heterocycles. The zero-order chi connectivity index (χ0) is 17.1. The third-order valence-corrected chi connectivity index (χ3v) is 6.20. The minimum Gasteiger partial charge on any atom is -0.491 e. The van der Waals surface area contributed by atoms with Crippen LogP contribution in [-0.4, -0.2) is 47.3 Å². The van der Waals surface area contributed by atoms with Crippen molar-refractivity contribution in [3.63, 3.8) is 0 Å². The lowest BCUT2D eigenvalue weighted by atomic mass is 9.73. The number of aromatic nitrogens is 2. The first-order valence-electron chi connectivity index (χ1n) is 9.01. The van der Waals surface area contributed by atoms with E-state index in [0.29, 0.717) is 12.7 Å². The first-order chi connectivity index (χ1) is 12.2. The molecular weight excluding hydrogens is 334 g/mol. The van der Waals surface area contributed by atoms with Gasteiger partial charge in [-0.25, -0.2) is 4.98 Å². The molecule has 0 aromatic carbocycles. The average molecular weight is 359 g/mol. The van der Waals surface area contributed by atoms with E-state index in [0.717, 1.165) is 56.9 Å². The maximum atomic E-state index is 6.14. The van der Waals surface area contributed by atoms with Gasteiger partial charge < -0.3 is 9.47 Å². The molecule has 4 rings (SSSR count). The molecule has 0 radical (unpaired) electrons. The summed E-state index contributed by atoms with van der Waals surface area (Å²) in [5.41, 5.74) is 1.18. The first-order valence-corrected chi connectivity index (χ1v) is 9.89. The van der Waals surface area contributed by atoms with Crippen molar-refractivity contribution in [3.05, 3.63) is 40.6 Å². The summed E-state index contributed by atoms with van der Waals surface area (Å²) in [4.78, 5) is 11.3. The molecule has 2 saturated heterocycles. The van der Waals surface area contributed by atoms with Crippen molar-refractivity contribution in [3.8, 4) is 5.75 Å². The van der Waals surface area contributed by atoms with Crippen LogP contribution in [0.4, 0.5) is 0 Å². The van der Waals surface area contributed by atoms with E-state index in [1.54, 1.807) is 23.7 Å². The number of hydrogen-bond acceptors (Lipinski definition) is 6. The molecule has 0 saturated carbocycles. The number of likely N-dealkylation sites (tertiary alicyclic amines) is 1. The Morgan fingerprint density at radius 3 is 3.24 bits per heavy atom. The van der Waals surface area contributed by atoms with Crippen molar-refractivity contribution in [2.24, 2.45) is 5.41 Å². The molecule has 2 atom stereocenters. The Morgan fingerprint density at radius 2 is 2.44 bits per heavy atom. The average Bonchev–Trinajstić information content (AvgIpc) is 3.05. The molecule has 0 aliphatic carbocycles. The van der Waals surface area contributed by atoms with E-state index in [1.807, 2.05) is 12.1 Å². The van der Waals surface area contributed by atoms with Crippen LogP contribution in [0.3, 0.4) is 0 Å². The molecule has 134 valence electrons. The molecule has 2 aliphatic heterocycles. The van der Waals surface area contributed by atoms with E-state index in [9.17, 15) is 0 Å². The highest BCUT2D eigenvalue weighted by molar-refractivity contribution is 7.09. The molecule has 0 amide bonds. The van der Waals surface area contributed by atoms with Crippen molar-refractivity contribution in [2.75, 3.05) is 26.3 Å². The molecule has 2 aliphatic rings. The van der Waals surface area contributed by atoms with Gasteiger partial charge in [0.1, 0.15) is 10.8 Å². The Bertz CT molecular complexity index is 693. The fraction of sp³-hybridized carbons (Fsp3) is 0.579. The van der Waals surface area contributed by atoms with Crippen LogP contribution in [0.15, 0.2) is 29.9 Å². The number of thiazole rings is 1. The Morgan fingerprint density at radius 1 is 1.48 bits per heavy atom. The minimum absolute atomic E-state index is 0.0681. The number of hydrogen-bond donors (Lipinski definition) is 0. The van der Waals surface area contributed by atoms with Gasteiger partial charge in [0.25, 0.3) is 0 Å². The Labute approximate surface area is 153 Å². The molecule has 0 N–H and O–H groups in total. The number of pyridine rings is 1. The summed E-state index contributed by atoms with van der Waals surface area (Å²) in [6.07, 6.45) is 7.19. The van der Waals surface area contributed by atoms with E-state index in [1.165, 1.54) is 5.01 Å². The highest BCUT2D eigenvalue weighted by Gasteiger charge is 2.46. The maximum Gasteiger partial charge on any atom is 0.137 e. The van der Waals surface area contributed by atoms with E-state index >= 15 is 0 Å². The number of nitrogens with zero attached hydrogens (tertiary/aromatic N) is 3. The summed E-state index contributed by atoms with van der Waals surface area (Å²) < 4.78 is 12.3. The van der Waals surface area contributed by atoms with Crippen LogP contribution in [-0.2, 0) is 11.3 Å². The lowest BCUT2D eigenvalue weighted by Gasteiger charge is -2.50. The Hall–Kier alpha value is -1.50. The van der Waals surface area contributed by atoms with Crippen molar-refractivity contribution in [1.29, 1.82) is 0 Å². The standard InChI is InChI=1S/C19H25N3O2S/c1-15-12-25-18(21-15)11-22-8-5-17-19(13-22,6-3-9-23-17)14-24-16-4-2-7-20-10-16/h2,4,7,10,12,17H,3,5-6,8-9,11,13-14H2,1H3. The number of piperidine rings is 1. The molecular formula is C19H25N3O2S. The van der Waals surface area contributed by atoms with E-state index in [2.05, 4.69) is 27.2 Å². The van der Waals surface area contributed by atoms with Crippen molar-refractivity contribution in [1.82, 2.24) is 14.9 Å². The van der Waals surface area contributed by atoms with Crippen LogP contribution in [0, 0.1) is 12.3 Å². The zero-order valence-electron chi connectivity index (χ0n) is 14.7. The molecule has 25 heavy (non-hydrogen) atoms. The quantitative estimate of drug-likeness (QED) is 0.820. The summed E-state index contributed by atoms with van der Waals surface area (Å²) in [6.45, 7) is 6.64. The molecule has 5 nitrogen and oxygen atoms in total. The highest BCUT2D eigenvalue weighted by atomic mass is 32.1. The van der Waals surface area contributed by atoms with Crippen LogP contribution in [0.2, 0.25) is 0 Å². The molecule has 0 bridgehead atoms. The van der Waals surface area contributed by atoms with Crippen LogP contribution in [0.25, 0.3) is 0 Å². The summed E-state index contributed by atoms with van der Waals surface area (Å²) in [5, 5.41) is 3.34. The third kappa shape index (κ3) is 3.86. The number of ether oxygens (including phenoxy) is 2.